The highest BCUT2D eigenvalue weighted by Gasteiger charge is 2.42. The van der Waals surface area contributed by atoms with Crippen LogP contribution in [0.2, 0.25) is 0 Å². The predicted octanol–water partition coefficient (Wildman–Crippen LogP) is 6.33. The maximum absolute atomic E-state index is 14.5. The second-order valence-corrected chi connectivity index (χ2v) is 5.88. The molecule has 0 fully saturated rings. The van der Waals surface area contributed by atoms with Gasteiger partial charge in [0.15, 0.2) is 23.3 Å². The number of fused-ring (bicyclic) bond motifs is 3. The smallest absolute Gasteiger partial charge is 0.316 e. The quantitative estimate of drug-likeness (QED) is 0.267. The number of hydrogen-bond donors (Lipinski definition) is 0. The van der Waals surface area contributed by atoms with Gasteiger partial charge in [-0.3, -0.25) is 0 Å². The van der Waals surface area contributed by atoms with Crippen LogP contribution in [0.1, 0.15) is 5.56 Å². The lowest BCUT2D eigenvalue weighted by molar-refractivity contribution is -0.143. The van der Waals surface area contributed by atoms with E-state index in [-0.39, 0.29) is 11.1 Å². The summed E-state index contributed by atoms with van der Waals surface area (Å²) < 4.78 is 96.9. The molecule has 0 spiro atoms. The molecule has 0 saturated carbocycles. The number of hydrogen-bond acceptors (Lipinski definition) is 0. The fourth-order valence-electron chi connectivity index (χ4n) is 3.19. The van der Waals surface area contributed by atoms with E-state index < -0.39 is 40.6 Å². The lowest BCUT2D eigenvalue weighted by Gasteiger charge is -2.16. The minimum Gasteiger partial charge on any atom is -0.316 e. The third-order valence-corrected chi connectivity index (χ3v) is 4.34. The lowest BCUT2D eigenvalue weighted by Crippen LogP contribution is -2.16. The van der Waals surface area contributed by atoms with Gasteiger partial charge in [0, 0.05) is 11.8 Å². The van der Waals surface area contributed by atoms with Crippen LogP contribution in [0.4, 0.5) is 30.7 Å². The summed E-state index contributed by atoms with van der Waals surface area (Å²) in [5, 5.41) is 0.482. The van der Waals surface area contributed by atoms with Gasteiger partial charge in [-0.1, -0.05) is 18.2 Å². The highest BCUT2D eigenvalue weighted by molar-refractivity contribution is 5.93. The fourth-order valence-corrected chi connectivity index (χ4v) is 3.19. The molecule has 0 aliphatic rings. The summed E-state index contributed by atoms with van der Waals surface area (Å²) in [6.07, 6.45) is -4.02. The maximum Gasteiger partial charge on any atom is 0.422 e. The molecular formula is C19H8F7N. The van der Waals surface area contributed by atoms with Crippen LogP contribution in [0, 0.1) is 23.3 Å². The van der Waals surface area contributed by atoms with E-state index in [1.54, 1.807) is 30.5 Å². The first-order valence-electron chi connectivity index (χ1n) is 7.64. The molecule has 0 N–H and O–H groups in total. The van der Waals surface area contributed by atoms with Crippen LogP contribution in [0.3, 0.4) is 0 Å². The topological polar surface area (TPSA) is 4.41 Å². The molecule has 2 heterocycles. The molecule has 0 atom stereocenters. The second-order valence-electron chi connectivity index (χ2n) is 5.88. The van der Waals surface area contributed by atoms with Gasteiger partial charge in [0.05, 0.1) is 16.6 Å². The molecule has 0 saturated heterocycles. The van der Waals surface area contributed by atoms with Gasteiger partial charge in [-0.25, -0.2) is 17.6 Å². The van der Waals surface area contributed by atoms with Gasteiger partial charge in [-0.2, -0.15) is 13.2 Å². The van der Waals surface area contributed by atoms with Gasteiger partial charge in [0.1, 0.15) is 5.56 Å². The first kappa shape index (κ1) is 17.4. The van der Waals surface area contributed by atoms with Gasteiger partial charge in [0.2, 0.25) is 0 Å². The molecule has 2 aromatic carbocycles. The first-order chi connectivity index (χ1) is 12.7. The number of halogens is 7. The number of nitrogens with zero attached hydrogens (tertiary/aromatic N) is 1. The predicted molar refractivity (Wildman–Crippen MR) is 85.2 cm³/mol. The van der Waals surface area contributed by atoms with E-state index >= 15 is 0 Å². The molecule has 0 aliphatic heterocycles. The zero-order chi connectivity index (χ0) is 19.5. The Morgan fingerprint density at radius 2 is 1.30 bits per heavy atom. The van der Waals surface area contributed by atoms with Gasteiger partial charge < -0.3 is 4.40 Å². The Labute approximate surface area is 147 Å². The molecule has 0 unspecified atom stereocenters. The van der Waals surface area contributed by atoms with Gasteiger partial charge in [-0.15, -0.1) is 0 Å². The molecule has 27 heavy (non-hydrogen) atoms. The summed E-state index contributed by atoms with van der Waals surface area (Å²) in [5.41, 5.74) is -3.21. The van der Waals surface area contributed by atoms with Crippen molar-refractivity contribution in [2.45, 2.75) is 6.18 Å². The minimum atomic E-state index is -5.58. The van der Waals surface area contributed by atoms with Crippen molar-refractivity contribution in [1.29, 1.82) is 0 Å². The van der Waals surface area contributed by atoms with E-state index in [9.17, 15) is 30.7 Å². The van der Waals surface area contributed by atoms with Gasteiger partial charge >= 0.3 is 6.18 Å². The molecule has 0 bridgehead atoms. The lowest BCUT2D eigenvalue weighted by atomic mass is 9.98. The molecule has 8 heteroatoms. The first-order valence-corrected chi connectivity index (χ1v) is 7.64. The van der Waals surface area contributed by atoms with Crippen LogP contribution in [0.25, 0.3) is 27.5 Å². The Balaban J connectivity index is 2.15. The Morgan fingerprint density at radius 3 is 1.93 bits per heavy atom. The van der Waals surface area contributed by atoms with E-state index in [0.717, 1.165) is 0 Å². The summed E-state index contributed by atoms with van der Waals surface area (Å²) in [4.78, 5) is 0. The third-order valence-electron chi connectivity index (χ3n) is 4.34. The number of rotatable bonds is 1. The molecule has 0 radical (unpaired) electrons. The van der Waals surface area contributed by atoms with Crippen molar-refractivity contribution in [2.24, 2.45) is 0 Å². The molecule has 1 nitrogen and oxygen atoms in total. The van der Waals surface area contributed by atoms with E-state index in [2.05, 4.69) is 0 Å². The highest BCUT2D eigenvalue weighted by atomic mass is 19.4. The molecule has 4 rings (SSSR count). The molecule has 2 aromatic heterocycles. The van der Waals surface area contributed by atoms with Crippen molar-refractivity contribution in [1.82, 2.24) is 4.40 Å². The van der Waals surface area contributed by atoms with Crippen LogP contribution in [0.15, 0.2) is 48.7 Å². The average Bonchev–Trinajstić information content (AvgIpc) is 3.09. The third kappa shape index (κ3) is 2.47. The van der Waals surface area contributed by atoms with E-state index in [4.69, 9.17) is 0 Å². The van der Waals surface area contributed by atoms with Crippen molar-refractivity contribution in [3.8, 4) is 11.1 Å². The number of benzene rings is 2. The van der Waals surface area contributed by atoms with Crippen LogP contribution < -0.4 is 0 Å². The van der Waals surface area contributed by atoms with Crippen LogP contribution >= 0.6 is 0 Å². The molecule has 0 aliphatic carbocycles. The Hall–Kier alpha value is -3.03. The van der Waals surface area contributed by atoms with Crippen LogP contribution in [-0.4, -0.2) is 4.40 Å². The zero-order valence-electron chi connectivity index (χ0n) is 13.2. The van der Waals surface area contributed by atoms with Crippen molar-refractivity contribution in [3.05, 3.63) is 77.5 Å². The fraction of sp³-hybridized carbons (Fsp3) is 0.0526. The Morgan fingerprint density at radius 1 is 0.704 bits per heavy atom. The van der Waals surface area contributed by atoms with E-state index in [1.807, 2.05) is 0 Å². The highest BCUT2D eigenvalue weighted by Crippen LogP contribution is 2.41. The van der Waals surface area contributed by atoms with Crippen molar-refractivity contribution >= 4 is 16.4 Å². The maximum atomic E-state index is 14.5. The Bertz CT molecular complexity index is 1180. The number of pyridine rings is 1. The van der Waals surface area contributed by atoms with Gasteiger partial charge in [0.25, 0.3) is 0 Å². The normalized spacial score (nSPS) is 12.3. The summed E-state index contributed by atoms with van der Waals surface area (Å²) in [7, 11) is 0. The molecular weight excluding hydrogens is 375 g/mol. The largest absolute Gasteiger partial charge is 0.422 e. The molecule has 4 aromatic rings. The SMILES string of the molecule is Fc1c(F)c(C(F)(F)F)c(F)c(F)c1-c1cc2ccccc2n2cccc12. The van der Waals surface area contributed by atoms with Crippen molar-refractivity contribution in [3.63, 3.8) is 0 Å². The zero-order valence-corrected chi connectivity index (χ0v) is 13.2. The number of para-hydroxylation sites is 1. The standard InChI is InChI=1S/C19H8F7N/c20-15-13(16(21)18(23)14(17(15)22)19(24,25)26)10-8-9-4-1-2-5-11(9)27-7-3-6-12(10)27/h1-8H. The van der Waals surface area contributed by atoms with E-state index in [1.165, 1.54) is 22.6 Å². The molecule has 138 valence electrons. The Kier molecular flexibility index (Phi) is 3.69. The monoisotopic (exact) mass is 383 g/mol. The van der Waals surface area contributed by atoms with Crippen LogP contribution in [0.5, 0.6) is 0 Å². The van der Waals surface area contributed by atoms with E-state index in [0.29, 0.717) is 10.9 Å². The summed E-state index contributed by atoms with van der Waals surface area (Å²) >= 11 is 0. The summed E-state index contributed by atoms with van der Waals surface area (Å²) in [5.74, 6) is -9.15. The molecule has 0 amide bonds. The summed E-state index contributed by atoms with van der Waals surface area (Å²) in [6.45, 7) is 0. The van der Waals surface area contributed by atoms with Gasteiger partial charge in [-0.05, 0) is 29.7 Å². The second kappa shape index (κ2) is 5.73. The van der Waals surface area contributed by atoms with Crippen LogP contribution in [-0.2, 0) is 6.18 Å². The van der Waals surface area contributed by atoms with Crippen molar-refractivity contribution < 1.29 is 30.7 Å². The number of aromatic nitrogens is 1. The minimum absolute atomic E-state index is 0.185. The van der Waals surface area contributed by atoms with Crippen molar-refractivity contribution in [2.75, 3.05) is 0 Å². The summed E-state index contributed by atoms with van der Waals surface area (Å²) in [6, 6.07) is 10.9. The average molecular weight is 383 g/mol. The number of alkyl halides is 3.